The number of aryl methyl sites for hydroxylation is 1. The number of anilines is 4. The molecule has 218 valence electrons. The molecule has 13 heteroatoms. The number of halogens is 3. The van der Waals surface area contributed by atoms with Crippen molar-refractivity contribution in [2.45, 2.75) is 19.6 Å². The van der Waals surface area contributed by atoms with Crippen LogP contribution in [-0.2, 0) is 17.5 Å². The number of hydrogen-bond acceptors (Lipinski definition) is 8. The molecule has 2 aromatic carbocycles. The number of thiazole rings is 1. The Labute approximate surface area is 243 Å². The minimum absolute atomic E-state index is 0.137. The topological polar surface area (TPSA) is 108 Å². The lowest BCUT2D eigenvalue weighted by atomic mass is 10.1. The van der Waals surface area contributed by atoms with Crippen molar-refractivity contribution in [1.29, 1.82) is 0 Å². The van der Waals surface area contributed by atoms with E-state index in [4.69, 9.17) is 4.74 Å². The Morgan fingerprint density at radius 2 is 1.81 bits per heavy atom. The molecule has 1 aliphatic heterocycles. The molecule has 4 aromatic rings. The zero-order valence-corrected chi connectivity index (χ0v) is 23.3. The summed E-state index contributed by atoms with van der Waals surface area (Å²) < 4.78 is 44.5. The molecule has 0 spiro atoms. The van der Waals surface area contributed by atoms with Gasteiger partial charge >= 0.3 is 6.18 Å². The first-order chi connectivity index (χ1) is 20.1. The summed E-state index contributed by atoms with van der Waals surface area (Å²) in [4.78, 5) is 36.9. The van der Waals surface area contributed by atoms with E-state index in [1.54, 1.807) is 31.3 Å². The van der Waals surface area contributed by atoms with Gasteiger partial charge in [-0.25, -0.2) is 9.97 Å². The van der Waals surface area contributed by atoms with Crippen molar-refractivity contribution in [2.75, 3.05) is 42.3 Å². The van der Waals surface area contributed by atoms with Crippen LogP contribution in [0.1, 0.15) is 36.7 Å². The molecule has 1 fully saturated rings. The fourth-order valence-electron chi connectivity index (χ4n) is 4.26. The lowest BCUT2D eigenvalue weighted by Gasteiger charge is -2.26. The molecule has 2 aromatic heterocycles. The first-order valence-corrected chi connectivity index (χ1v) is 13.8. The van der Waals surface area contributed by atoms with Crippen molar-refractivity contribution >= 4 is 45.5 Å². The second kappa shape index (κ2) is 12.7. The molecule has 42 heavy (non-hydrogen) atoms. The highest BCUT2D eigenvalue weighted by Gasteiger charge is 2.31. The van der Waals surface area contributed by atoms with Crippen LogP contribution in [0.3, 0.4) is 0 Å². The minimum atomic E-state index is -4.56. The van der Waals surface area contributed by atoms with Gasteiger partial charge in [-0.3, -0.25) is 14.5 Å². The summed E-state index contributed by atoms with van der Waals surface area (Å²) in [7, 11) is 0. The number of benzene rings is 2. The van der Waals surface area contributed by atoms with Crippen LogP contribution in [0.4, 0.5) is 35.5 Å². The monoisotopic (exact) mass is 596 g/mol. The molecule has 0 radical (unpaired) electrons. The van der Waals surface area contributed by atoms with E-state index in [1.165, 1.54) is 18.3 Å². The maximum Gasteiger partial charge on any atom is 0.416 e. The van der Waals surface area contributed by atoms with Crippen molar-refractivity contribution in [1.82, 2.24) is 14.9 Å². The minimum Gasteiger partial charge on any atom is -0.379 e. The Morgan fingerprint density at radius 3 is 2.60 bits per heavy atom. The van der Waals surface area contributed by atoms with Crippen LogP contribution in [0.25, 0.3) is 0 Å². The average molecular weight is 597 g/mol. The summed E-state index contributed by atoms with van der Waals surface area (Å²) in [6, 6.07) is 12.9. The predicted molar refractivity (Wildman–Crippen MR) is 154 cm³/mol. The second-order valence-electron chi connectivity index (χ2n) is 9.61. The highest BCUT2D eigenvalue weighted by Crippen LogP contribution is 2.30. The number of carbonyl (C=O) groups is 2. The lowest BCUT2D eigenvalue weighted by Crippen LogP contribution is -2.35. The van der Waals surface area contributed by atoms with E-state index in [0.717, 1.165) is 67.4 Å². The molecule has 0 saturated carbocycles. The number of carbonyl (C=O) groups excluding carboxylic acids is 2. The Hall–Kier alpha value is -4.33. The highest BCUT2D eigenvalue weighted by molar-refractivity contribution is 7.17. The van der Waals surface area contributed by atoms with Crippen LogP contribution in [0.15, 0.2) is 67.0 Å². The van der Waals surface area contributed by atoms with E-state index in [0.29, 0.717) is 27.2 Å². The van der Waals surface area contributed by atoms with Crippen molar-refractivity contribution in [3.63, 3.8) is 0 Å². The predicted octanol–water partition coefficient (Wildman–Crippen LogP) is 5.95. The van der Waals surface area contributed by atoms with E-state index in [9.17, 15) is 22.8 Å². The first-order valence-electron chi connectivity index (χ1n) is 13.0. The standard InChI is InChI=1S/C29H27F3N6O3S/c1-18-5-6-22(35-26(39)20-3-2-4-21(14-20)29(30,31)32)15-23(18)36-27(40)24-16-34-28(42-24)37-25-13-19(7-8-33-25)17-38-9-11-41-12-10-38/h2-8,13-16H,9-12,17H2,1H3,(H,35,39)(H,36,40)(H,33,34,37). The van der Waals surface area contributed by atoms with Gasteiger partial charge < -0.3 is 20.7 Å². The maximum atomic E-state index is 13.0. The molecule has 9 nitrogen and oxygen atoms in total. The van der Waals surface area contributed by atoms with E-state index in [2.05, 4.69) is 30.8 Å². The van der Waals surface area contributed by atoms with Crippen LogP contribution >= 0.6 is 11.3 Å². The van der Waals surface area contributed by atoms with Gasteiger partial charge in [-0.05, 0) is 60.5 Å². The zero-order chi connectivity index (χ0) is 29.7. The number of nitrogens with zero attached hydrogens (tertiary/aromatic N) is 3. The molecule has 3 heterocycles. The third kappa shape index (κ3) is 7.49. The van der Waals surface area contributed by atoms with Gasteiger partial charge in [0.05, 0.1) is 25.0 Å². The van der Waals surface area contributed by atoms with Gasteiger partial charge in [0.2, 0.25) is 0 Å². The summed E-state index contributed by atoms with van der Waals surface area (Å²) in [5.74, 6) is -0.496. The molecule has 0 bridgehead atoms. The quantitative estimate of drug-likeness (QED) is 0.231. The third-order valence-corrected chi connectivity index (χ3v) is 7.41. The molecule has 2 amide bonds. The maximum absolute atomic E-state index is 13.0. The number of nitrogens with one attached hydrogen (secondary N) is 3. The van der Waals surface area contributed by atoms with Crippen LogP contribution in [-0.4, -0.2) is 53.0 Å². The van der Waals surface area contributed by atoms with E-state index >= 15 is 0 Å². The Bertz CT molecular complexity index is 1590. The molecule has 1 aliphatic rings. The highest BCUT2D eigenvalue weighted by atomic mass is 32.1. The number of ether oxygens (including phenoxy) is 1. The molecular formula is C29H27F3N6O3S. The summed E-state index contributed by atoms with van der Waals surface area (Å²) in [5, 5.41) is 9.04. The summed E-state index contributed by atoms with van der Waals surface area (Å²) in [6.07, 6.45) is -1.39. The number of hydrogen-bond donors (Lipinski definition) is 3. The first kappa shape index (κ1) is 29.2. The number of morpholine rings is 1. The Morgan fingerprint density at radius 1 is 1.00 bits per heavy atom. The van der Waals surface area contributed by atoms with Gasteiger partial charge in [-0.2, -0.15) is 13.2 Å². The smallest absolute Gasteiger partial charge is 0.379 e. The largest absolute Gasteiger partial charge is 0.416 e. The molecule has 0 unspecified atom stereocenters. The Kier molecular flexibility index (Phi) is 8.80. The SMILES string of the molecule is Cc1ccc(NC(=O)c2cccc(C(F)(F)F)c2)cc1NC(=O)c1cnc(Nc2cc(CN3CCOCC3)ccn2)s1. The van der Waals surface area contributed by atoms with E-state index < -0.39 is 23.6 Å². The van der Waals surface area contributed by atoms with Gasteiger partial charge in [-0.1, -0.05) is 23.5 Å². The number of aromatic nitrogens is 2. The molecule has 3 N–H and O–H groups in total. The fraction of sp³-hybridized carbons (Fsp3) is 0.241. The summed E-state index contributed by atoms with van der Waals surface area (Å²) >= 11 is 1.16. The van der Waals surface area contributed by atoms with Gasteiger partial charge in [-0.15, -0.1) is 0 Å². The van der Waals surface area contributed by atoms with Gasteiger partial charge in [0.1, 0.15) is 10.7 Å². The van der Waals surface area contributed by atoms with Gasteiger partial charge in [0.15, 0.2) is 5.13 Å². The third-order valence-electron chi connectivity index (χ3n) is 6.49. The summed E-state index contributed by atoms with van der Waals surface area (Å²) in [6.45, 7) is 5.76. The average Bonchev–Trinajstić information content (AvgIpc) is 3.44. The van der Waals surface area contributed by atoms with Gasteiger partial charge in [0, 0.05) is 42.8 Å². The molecule has 0 atom stereocenters. The van der Waals surface area contributed by atoms with Crippen molar-refractivity contribution in [3.05, 3.63) is 94.1 Å². The molecular weight excluding hydrogens is 569 g/mol. The summed E-state index contributed by atoms with van der Waals surface area (Å²) in [5.41, 5.74) is 1.52. The van der Waals surface area contributed by atoms with Crippen molar-refractivity contribution < 1.29 is 27.5 Å². The number of pyridine rings is 1. The van der Waals surface area contributed by atoms with Crippen LogP contribution in [0.2, 0.25) is 0 Å². The van der Waals surface area contributed by atoms with Crippen LogP contribution in [0, 0.1) is 6.92 Å². The lowest BCUT2D eigenvalue weighted by molar-refractivity contribution is -0.137. The van der Waals surface area contributed by atoms with Crippen LogP contribution < -0.4 is 16.0 Å². The number of alkyl halides is 3. The number of rotatable bonds is 8. The van der Waals surface area contributed by atoms with Gasteiger partial charge in [0.25, 0.3) is 11.8 Å². The molecule has 5 rings (SSSR count). The molecule has 1 saturated heterocycles. The van der Waals surface area contributed by atoms with Crippen molar-refractivity contribution in [3.8, 4) is 0 Å². The van der Waals surface area contributed by atoms with E-state index in [1.807, 2.05) is 12.1 Å². The van der Waals surface area contributed by atoms with Crippen molar-refractivity contribution in [2.24, 2.45) is 0 Å². The second-order valence-corrected chi connectivity index (χ2v) is 10.6. The van der Waals surface area contributed by atoms with E-state index in [-0.39, 0.29) is 5.56 Å². The molecule has 0 aliphatic carbocycles. The van der Waals surface area contributed by atoms with Crippen LogP contribution in [0.5, 0.6) is 0 Å². The normalized spacial score (nSPS) is 13.9. The Balaban J connectivity index is 1.22. The zero-order valence-electron chi connectivity index (χ0n) is 22.5. The number of amides is 2. The fourth-order valence-corrected chi connectivity index (χ4v) is 4.98.